The molecule has 2 aromatic heterocycles. The Hall–Kier alpha value is -3.58. The second kappa shape index (κ2) is 10.4. The van der Waals surface area contributed by atoms with Crippen molar-refractivity contribution in [2.24, 2.45) is 0 Å². The molecular formula is C27H25AsF3N3O3. The van der Waals surface area contributed by atoms with Crippen molar-refractivity contribution < 1.29 is 27.5 Å². The number of alkyl halides is 3. The fraction of sp³-hybridized carbons (Fsp3) is 0.222. The number of aryl methyl sites for hydroxylation is 2. The van der Waals surface area contributed by atoms with E-state index in [-0.39, 0.29) is 16.9 Å². The average molecular weight is 571 g/mol. The third kappa shape index (κ3) is 5.42. The molecule has 0 bridgehead atoms. The molecule has 4 rings (SSSR count). The molecule has 10 heteroatoms. The molecule has 37 heavy (non-hydrogen) atoms. The minimum absolute atomic E-state index is 0.00473. The number of carbonyl (C=O) groups excluding carboxylic acids is 2. The summed E-state index contributed by atoms with van der Waals surface area (Å²) in [6, 6.07) is 14.3. The van der Waals surface area contributed by atoms with Crippen LogP contribution in [0.2, 0.25) is 0 Å². The molecule has 2 heterocycles. The van der Waals surface area contributed by atoms with E-state index in [2.05, 4.69) is 5.10 Å². The summed E-state index contributed by atoms with van der Waals surface area (Å²) >= 11 is -1.27. The van der Waals surface area contributed by atoms with Crippen LogP contribution in [-0.2, 0) is 10.9 Å². The number of carbonyl (C=O) groups is 2. The van der Waals surface area contributed by atoms with Gasteiger partial charge in [0.1, 0.15) is 0 Å². The van der Waals surface area contributed by atoms with Crippen LogP contribution in [0.25, 0.3) is 11.4 Å². The Morgan fingerprint density at radius 1 is 1.00 bits per heavy atom. The van der Waals surface area contributed by atoms with Crippen LogP contribution in [0.3, 0.4) is 0 Å². The van der Waals surface area contributed by atoms with Gasteiger partial charge in [-0.3, -0.25) is 0 Å². The molecule has 2 aromatic carbocycles. The number of aromatic nitrogens is 3. The maximum absolute atomic E-state index is 13.6. The number of ether oxygens (including phenoxy) is 1. The monoisotopic (exact) mass is 571 g/mol. The van der Waals surface area contributed by atoms with Gasteiger partial charge in [0.05, 0.1) is 0 Å². The molecular weight excluding hydrogens is 546 g/mol. The van der Waals surface area contributed by atoms with Crippen molar-refractivity contribution in [2.45, 2.75) is 33.9 Å². The second-order valence-corrected chi connectivity index (χ2v) is 11.1. The van der Waals surface area contributed by atoms with Gasteiger partial charge in [-0.05, 0) is 0 Å². The molecule has 0 spiro atoms. The third-order valence-electron chi connectivity index (χ3n) is 5.91. The number of para-hydroxylation sites is 1. The maximum atomic E-state index is 13.6. The second-order valence-electron chi connectivity index (χ2n) is 8.43. The molecule has 0 saturated heterocycles. The average Bonchev–Trinajstić information content (AvgIpc) is 3.38. The first-order valence-corrected chi connectivity index (χ1v) is 13.6. The number of hydrogen-bond acceptors (Lipinski definition) is 4. The van der Waals surface area contributed by atoms with Crippen LogP contribution in [-0.4, -0.2) is 47.2 Å². The Morgan fingerprint density at radius 2 is 1.68 bits per heavy atom. The zero-order valence-corrected chi connectivity index (χ0v) is 22.8. The SMILES string of the molecule is CCOC(=O)c1cn(-c2ccc([AsH]C(=O)c3cc(C)n(-c4ccccc4C(F)(F)F)c3C)cc2)nc1C. The third-order valence-corrected chi connectivity index (χ3v) is 8.26. The molecule has 0 aliphatic heterocycles. The van der Waals surface area contributed by atoms with Gasteiger partial charge in [0.15, 0.2) is 0 Å². The molecule has 0 aliphatic rings. The zero-order chi connectivity index (χ0) is 26.9. The van der Waals surface area contributed by atoms with Crippen molar-refractivity contribution in [1.82, 2.24) is 14.3 Å². The summed E-state index contributed by atoms with van der Waals surface area (Å²) in [5, 5.41) is 4.38. The fourth-order valence-corrected chi connectivity index (χ4v) is 6.23. The van der Waals surface area contributed by atoms with Crippen molar-refractivity contribution in [2.75, 3.05) is 6.61 Å². The van der Waals surface area contributed by atoms with Crippen LogP contribution in [0.4, 0.5) is 13.2 Å². The van der Waals surface area contributed by atoms with Gasteiger partial charge < -0.3 is 0 Å². The van der Waals surface area contributed by atoms with Crippen LogP contribution >= 0.6 is 0 Å². The van der Waals surface area contributed by atoms with Gasteiger partial charge in [0.2, 0.25) is 0 Å². The Balaban J connectivity index is 1.56. The molecule has 0 amide bonds. The standard InChI is InChI=1S/C27H25AsF3N3O3/c1-5-37-26(36)22-15-33(32-17(22)3)20-12-10-19(11-13-20)28-25(35)21-14-16(2)34(18(21)4)24-9-7-6-8-23(24)27(29,30)31/h6-15,28H,5H2,1-4H3. The van der Waals surface area contributed by atoms with Gasteiger partial charge in [-0.25, -0.2) is 0 Å². The fourth-order valence-electron chi connectivity index (χ4n) is 4.17. The van der Waals surface area contributed by atoms with Gasteiger partial charge in [-0.1, -0.05) is 0 Å². The van der Waals surface area contributed by atoms with E-state index in [1.165, 1.54) is 16.7 Å². The summed E-state index contributed by atoms with van der Waals surface area (Å²) < 4.78 is 49.7. The van der Waals surface area contributed by atoms with Gasteiger partial charge in [0.25, 0.3) is 0 Å². The van der Waals surface area contributed by atoms with Crippen LogP contribution in [0.1, 0.15) is 50.3 Å². The number of halogens is 3. The van der Waals surface area contributed by atoms with Crippen LogP contribution in [0, 0.1) is 20.8 Å². The summed E-state index contributed by atoms with van der Waals surface area (Å²) in [4.78, 5) is 25.3. The molecule has 6 nitrogen and oxygen atoms in total. The minimum atomic E-state index is -4.51. The number of nitrogens with zero attached hydrogens (tertiary/aromatic N) is 3. The van der Waals surface area contributed by atoms with Gasteiger partial charge in [-0.2, -0.15) is 0 Å². The van der Waals surface area contributed by atoms with Crippen molar-refractivity contribution in [3.8, 4) is 11.4 Å². The van der Waals surface area contributed by atoms with E-state index in [0.29, 0.717) is 28.2 Å². The normalized spacial score (nSPS) is 11.9. The number of benzene rings is 2. The van der Waals surface area contributed by atoms with E-state index in [9.17, 15) is 22.8 Å². The van der Waals surface area contributed by atoms with Gasteiger partial charge in [0, 0.05) is 0 Å². The van der Waals surface area contributed by atoms with E-state index < -0.39 is 33.5 Å². The van der Waals surface area contributed by atoms with E-state index in [0.717, 1.165) is 16.1 Å². The van der Waals surface area contributed by atoms with Crippen LogP contribution < -0.4 is 4.35 Å². The molecule has 0 N–H and O–H groups in total. The Bertz CT molecular complexity index is 1470. The van der Waals surface area contributed by atoms with Crippen LogP contribution in [0.5, 0.6) is 0 Å². The molecule has 0 radical (unpaired) electrons. The Labute approximate surface area is 218 Å². The molecule has 0 saturated carbocycles. The van der Waals surface area contributed by atoms with Crippen LogP contribution in [0.15, 0.2) is 60.8 Å². The zero-order valence-electron chi connectivity index (χ0n) is 20.7. The first-order chi connectivity index (χ1) is 17.5. The number of esters is 1. The molecule has 0 fully saturated rings. The Kier molecular flexibility index (Phi) is 7.46. The molecule has 192 valence electrons. The summed E-state index contributed by atoms with van der Waals surface area (Å²) in [6.07, 6.45) is -2.90. The number of hydrogen-bond donors (Lipinski definition) is 0. The van der Waals surface area contributed by atoms with E-state index in [4.69, 9.17) is 4.74 Å². The van der Waals surface area contributed by atoms with Gasteiger partial charge in [-0.15, -0.1) is 0 Å². The molecule has 1 atom stereocenters. The molecule has 1 unspecified atom stereocenters. The van der Waals surface area contributed by atoms with Crippen molar-refractivity contribution in [1.29, 1.82) is 0 Å². The van der Waals surface area contributed by atoms with Gasteiger partial charge >= 0.3 is 219 Å². The summed E-state index contributed by atoms with van der Waals surface area (Å²) in [6.45, 7) is 7.10. The molecule has 4 aromatic rings. The first-order valence-electron chi connectivity index (χ1n) is 11.5. The first kappa shape index (κ1) is 26.5. The van der Waals surface area contributed by atoms with E-state index in [1.54, 1.807) is 50.7 Å². The topological polar surface area (TPSA) is 66.1 Å². The van der Waals surface area contributed by atoms with Crippen molar-refractivity contribution in [3.63, 3.8) is 0 Å². The van der Waals surface area contributed by atoms with Crippen molar-refractivity contribution in [3.05, 3.63) is 94.6 Å². The summed E-state index contributed by atoms with van der Waals surface area (Å²) in [7, 11) is 0. The number of rotatable bonds is 7. The van der Waals surface area contributed by atoms with Crippen molar-refractivity contribution >= 4 is 30.6 Å². The Morgan fingerprint density at radius 3 is 2.32 bits per heavy atom. The predicted molar refractivity (Wildman–Crippen MR) is 136 cm³/mol. The summed E-state index contributed by atoms with van der Waals surface area (Å²) in [5.41, 5.74) is 2.39. The van der Waals surface area contributed by atoms with E-state index in [1.807, 2.05) is 24.3 Å². The summed E-state index contributed by atoms with van der Waals surface area (Å²) in [5.74, 6) is -0.435. The molecule has 0 aliphatic carbocycles. The quantitative estimate of drug-likeness (QED) is 0.239. The van der Waals surface area contributed by atoms with E-state index >= 15 is 0 Å². The predicted octanol–water partition coefficient (Wildman–Crippen LogP) is 4.69.